The van der Waals surface area contributed by atoms with Crippen LogP contribution < -0.4 is 0 Å². The maximum absolute atomic E-state index is 11.4. The second kappa shape index (κ2) is 5.40. The minimum atomic E-state index is -0.740. The number of carboxylic acid groups (broad SMARTS) is 1. The lowest BCUT2D eigenvalue weighted by atomic mass is 9.85. The Kier molecular flexibility index (Phi) is 4.10. The first kappa shape index (κ1) is 12.9. The number of carboxylic acids is 1. The predicted octanol–water partition coefficient (Wildman–Crippen LogP) is 4.46. The molecule has 1 atom stereocenters. The summed E-state index contributed by atoms with van der Waals surface area (Å²) in [5.74, 6) is -0.900. The van der Waals surface area contributed by atoms with Gasteiger partial charge in [0.25, 0.3) is 0 Å². The summed E-state index contributed by atoms with van der Waals surface area (Å²) in [6.45, 7) is 0. The molecule has 0 aliphatic heterocycles. The Labute approximate surface area is 114 Å². The Bertz CT molecular complexity index is 427. The van der Waals surface area contributed by atoms with Crippen molar-refractivity contribution in [2.24, 2.45) is 5.92 Å². The van der Waals surface area contributed by atoms with E-state index in [9.17, 15) is 9.90 Å². The fourth-order valence-electron chi connectivity index (χ4n) is 2.61. The molecule has 1 aliphatic rings. The van der Waals surface area contributed by atoms with Crippen molar-refractivity contribution < 1.29 is 9.90 Å². The molecule has 0 saturated heterocycles. The summed E-state index contributed by atoms with van der Waals surface area (Å²) in [4.78, 5) is 11.4. The van der Waals surface area contributed by atoms with E-state index in [-0.39, 0.29) is 5.92 Å². The van der Waals surface area contributed by atoms with Gasteiger partial charge in [0, 0.05) is 4.47 Å². The van der Waals surface area contributed by atoms with Gasteiger partial charge in [-0.2, -0.15) is 0 Å². The maximum Gasteiger partial charge on any atom is 0.311 e. The number of hydrogen-bond acceptors (Lipinski definition) is 1. The Morgan fingerprint density at radius 3 is 2.59 bits per heavy atom. The first-order valence-electron chi connectivity index (χ1n) is 5.77. The Morgan fingerprint density at radius 2 is 2.06 bits per heavy atom. The van der Waals surface area contributed by atoms with Gasteiger partial charge in [-0.3, -0.25) is 4.79 Å². The molecular formula is C13H14BrClO2. The predicted molar refractivity (Wildman–Crippen MR) is 71.5 cm³/mol. The van der Waals surface area contributed by atoms with E-state index in [1.165, 1.54) is 0 Å². The van der Waals surface area contributed by atoms with E-state index < -0.39 is 11.9 Å². The van der Waals surface area contributed by atoms with Crippen LogP contribution in [-0.2, 0) is 4.79 Å². The summed E-state index contributed by atoms with van der Waals surface area (Å²) in [6.07, 6.45) is 4.28. The van der Waals surface area contributed by atoms with E-state index in [0.29, 0.717) is 5.02 Å². The quantitative estimate of drug-likeness (QED) is 0.893. The minimum absolute atomic E-state index is 0.254. The molecule has 0 unspecified atom stereocenters. The molecule has 1 aromatic carbocycles. The summed E-state index contributed by atoms with van der Waals surface area (Å²) >= 11 is 9.35. The van der Waals surface area contributed by atoms with E-state index in [4.69, 9.17) is 11.6 Å². The van der Waals surface area contributed by atoms with Crippen molar-refractivity contribution in [1.82, 2.24) is 0 Å². The smallest absolute Gasteiger partial charge is 0.311 e. The van der Waals surface area contributed by atoms with Gasteiger partial charge in [0.15, 0.2) is 0 Å². The van der Waals surface area contributed by atoms with Gasteiger partial charge < -0.3 is 5.11 Å². The van der Waals surface area contributed by atoms with Crippen molar-refractivity contribution in [3.05, 3.63) is 33.3 Å². The van der Waals surface area contributed by atoms with Crippen molar-refractivity contribution in [2.75, 3.05) is 0 Å². The first-order valence-corrected chi connectivity index (χ1v) is 6.94. The molecule has 0 amide bonds. The van der Waals surface area contributed by atoms with Crippen LogP contribution in [0.4, 0.5) is 0 Å². The molecule has 1 aliphatic carbocycles. The number of benzene rings is 1. The zero-order valence-corrected chi connectivity index (χ0v) is 11.7. The molecule has 2 rings (SSSR count). The monoisotopic (exact) mass is 316 g/mol. The lowest BCUT2D eigenvalue weighted by Gasteiger charge is -2.20. The highest BCUT2D eigenvalue weighted by molar-refractivity contribution is 9.10. The SMILES string of the molecule is O=C(O)[C@@H](c1ccc(Br)c(Cl)c1)C1CCCC1. The third-order valence-corrected chi connectivity index (χ3v) is 4.67. The second-order valence-electron chi connectivity index (χ2n) is 4.53. The van der Waals surface area contributed by atoms with Gasteiger partial charge in [0.2, 0.25) is 0 Å². The molecule has 0 heterocycles. The molecule has 1 N–H and O–H groups in total. The summed E-state index contributed by atoms with van der Waals surface area (Å²) in [6, 6.07) is 5.44. The highest BCUT2D eigenvalue weighted by Gasteiger charge is 2.32. The van der Waals surface area contributed by atoms with E-state index in [1.807, 2.05) is 12.1 Å². The first-order chi connectivity index (χ1) is 8.09. The van der Waals surface area contributed by atoms with E-state index in [1.54, 1.807) is 6.07 Å². The van der Waals surface area contributed by atoms with Crippen LogP contribution in [0.1, 0.15) is 37.2 Å². The Balaban J connectivity index is 2.31. The average Bonchev–Trinajstić information content (AvgIpc) is 2.76. The average molecular weight is 318 g/mol. The van der Waals surface area contributed by atoms with Gasteiger partial charge in [-0.05, 0) is 52.4 Å². The number of halogens is 2. The molecule has 0 spiro atoms. The normalized spacial score (nSPS) is 18.2. The zero-order chi connectivity index (χ0) is 12.4. The summed E-state index contributed by atoms with van der Waals surface area (Å²) in [5, 5.41) is 9.97. The van der Waals surface area contributed by atoms with Crippen molar-refractivity contribution >= 4 is 33.5 Å². The van der Waals surface area contributed by atoms with Crippen LogP contribution >= 0.6 is 27.5 Å². The molecule has 0 bridgehead atoms. The second-order valence-corrected chi connectivity index (χ2v) is 5.80. The highest BCUT2D eigenvalue weighted by Crippen LogP contribution is 2.39. The molecule has 92 valence electrons. The topological polar surface area (TPSA) is 37.3 Å². The molecule has 1 aromatic rings. The van der Waals surface area contributed by atoms with Gasteiger partial charge in [0.1, 0.15) is 0 Å². The summed E-state index contributed by atoms with van der Waals surface area (Å²) in [5.41, 5.74) is 0.817. The summed E-state index contributed by atoms with van der Waals surface area (Å²) in [7, 11) is 0. The van der Waals surface area contributed by atoms with Crippen LogP contribution in [0.5, 0.6) is 0 Å². The molecule has 1 fully saturated rings. The number of aliphatic carboxylic acids is 1. The maximum atomic E-state index is 11.4. The van der Waals surface area contributed by atoms with Crippen LogP contribution in [0.15, 0.2) is 22.7 Å². The van der Waals surface area contributed by atoms with Gasteiger partial charge >= 0.3 is 5.97 Å². The molecule has 0 radical (unpaired) electrons. The third kappa shape index (κ3) is 2.83. The van der Waals surface area contributed by atoms with Gasteiger partial charge in [0.05, 0.1) is 10.9 Å². The van der Waals surface area contributed by atoms with Crippen molar-refractivity contribution in [2.45, 2.75) is 31.6 Å². The molecule has 2 nitrogen and oxygen atoms in total. The Morgan fingerprint density at radius 1 is 1.41 bits per heavy atom. The van der Waals surface area contributed by atoms with Crippen LogP contribution in [0.2, 0.25) is 5.02 Å². The molecular weight excluding hydrogens is 303 g/mol. The van der Waals surface area contributed by atoms with Crippen LogP contribution in [-0.4, -0.2) is 11.1 Å². The summed E-state index contributed by atoms with van der Waals surface area (Å²) < 4.78 is 0.804. The van der Waals surface area contributed by atoms with Crippen LogP contribution in [0, 0.1) is 5.92 Å². The van der Waals surface area contributed by atoms with E-state index in [0.717, 1.165) is 35.7 Å². The standard InChI is InChI=1S/C13H14BrClO2/c14-10-6-5-9(7-11(10)15)12(13(16)17)8-3-1-2-4-8/h5-8,12H,1-4H2,(H,16,17)/t12-/m1/s1. The fourth-order valence-corrected chi connectivity index (χ4v) is 3.05. The lowest BCUT2D eigenvalue weighted by Crippen LogP contribution is -2.19. The lowest BCUT2D eigenvalue weighted by molar-refractivity contribution is -0.140. The van der Waals surface area contributed by atoms with Crippen molar-refractivity contribution in [3.8, 4) is 0 Å². The van der Waals surface area contributed by atoms with Crippen LogP contribution in [0.3, 0.4) is 0 Å². The van der Waals surface area contributed by atoms with Crippen molar-refractivity contribution in [1.29, 1.82) is 0 Å². The minimum Gasteiger partial charge on any atom is -0.481 e. The number of rotatable bonds is 3. The zero-order valence-electron chi connectivity index (χ0n) is 9.33. The molecule has 4 heteroatoms. The van der Waals surface area contributed by atoms with E-state index >= 15 is 0 Å². The van der Waals surface area contributed by atoms with E-state index in [2.05, 4.69) is 15.9 Å². The molecule has 0 aromatic heterocycles. The largest absolute Gasteiger partial charge is 0.481 e. The number of hydrogen-bond donors (Lipinski definition) is 1. The van der Waals surface area contributed by atoms with Gasteiger partial charge in [-0.25, -0.2) is 0 Å². The third-order valence-electron chi connectivity index (χ3n) is 3.44. The van der Waals surface area contributed by atoms with Gasteiger partial charge in [-0.15, -0.1) is 0 Å². The van der Waals surface area contributed by atoms with Gasteiger partial charge in [-0.1, -0.05) is 30.5 Å². The van der Waals surface area contributed by atoms with Crippen molar-refractivity contribution in [3.63, 3.8) is 0 Å². The number of carbonyl (C=O) groups is 1. The molecule has 17 heavy (non-hydrogen) atoms. The highest BCUT2D eigenvalue weighted by atomic mass is 79.9. The Hall–Kier alpha value is -0.540. The van der Waals surface area contributed by atoms with Crippen LogP contribution in [0.25, 0.3) is 0 Å². The fraction of sp³-hybridized carbons (Fsp3) is 0.462. The molecule has 1 saturated carbocycles.